The number of nitrogens with one attached hydrogen (secondary N) is 1. The van der Waals surface area contributed by atoms with Crippen LogP contribution in [0.15, 0.2) is 6.07 Å². The van der Waals surface area contributed by atoms with Gasteiger partial charge in [0.2, 0.25) is 5.88 Å². The standard InChI is InChI=1S/C13H19N3O/c1-8(2)17-13-10(12(14)15)7-9-5-3-4-6-11(9)16-13/h7-8H,3-6H2,1-2H3,(H3,14,15). The zero-order valence-electron chi connectivity index (χ0n) is 10.4. The molecule has 2 rings (SSSR count). The van der Waals surface area contributed by atoms with Crippen molar-refractivity contribution < 1.29 is 4.74 Å². The lowest BCUT2D eigenvalue weighted by molar-refractivity contribution is 0.231. The Labute approximate surface area is 102 Å². The summed E-state index contributed by atoms with van der Waals surface area (Å²) >= 11 is 0. The largest absolute Gasteiger partial charge is 0.474 e. The lowest BCUT2D eigenvalue weighted by atomic mass is 9.95. The van der Waals surface area contributed by atoms with Gasteiger partial charge < -0.3 is 10.5 Å². The fourth-order valence-electron chi connectivity index (χ4n) is 2.12. The third kappa shape index (κ3) is 2.57. The van der Waals surface area contributed by atoms with Crippen molar-refractivity contribution >= 4 is 5.84 Å². The molecule has 17 heavy (non-hydrogen) atoms. The number of rotatable bonds is 3. The maximum absolute atomic E-state index is 7.60. The lowest BCUT2D eigenvalue weighted by Gasteiger charge is -2.19. The van der Waals surface area contributed by atoms with E-state index >= 15 is 0 Å². The van der Waals surface area contributed by atoms with Gasteiger partial charge >= 0.3 is 0 Å². The van der Waals surface area contributed by atoms with Gasteiger partial charge in [-0.3, -0.25) is 5.41 Å². The molecule has 0 saturated heterocycles. The van der Waals surface area contributed by atoms with E-state index in [-0.39, 0.29) is 11.9 Å². The van der Waals surface area contributed by atoms with Crippen molar-refractivity contribution in [3.05, 3.63) is 22.9 Å². The van der Waals surface area contributed by atoms with Crippen LogP contribution in [-0.4, -0.2) is 16.9 Å². The van der Waals surface area contributed by atoms with E-state index in [0.29, 0.717) is 11.4 Å². The Morgan fingerprint density at radius 3 is 2.76 bits per heavy atom. The van der Waals surface area contributed by atoms with E-state index in [2.05, 4.69) is 4.98 Å². The number of hydrogen-bond acceptors (Lipinski definition) is 3. The highest BCUT2D eigenvalue weighted by molar-refractivity contribution is 5.97. The van der Waals surface area contributed by atoms with Crippen LogP contribution in [0.1, 0.15) is 43.5 Å². The topological polar surface area (TPSA) is 72.0 Å². The van der Waals surface area contributed by atoms with Gasteiger partial charge in [-0.25, -0.2) is 4.98 Å². The van der Waals surface area contributed by atoms with E-state index in [1.165, 1.54) is 18.4 Å². The van der Waals surface area contributed by atoms with E-state index in [1.54, 1.807) is 0 Å². The number of hydrogen-bond donors (Lipinski definition) is 2. The summed E-state index contributed by atoms with van der Waals surface area (Å²) in [6, 6.07) is 1.97. The number of amidine groups is 1. The van der Waals surface area contributed by atoms with Crippen LogP contribution in [-0.2, 0) is 12.8 Å². The second-order valence-corrected chi connectivity index (χ2v) is 4.73. The van der Waals surface area contributed by atoms with Gasteiger partial charge in [0, 0.05) is 5.69 Å². The first-order valence-corrected chi connectivity index (χ1v) is 6.11. The maximum Gasteiger partial charge on any atom is 0.225 e. The quantitative estimate of drug-likeness (QED) is 0.620. The van der Waals surface area contributed by atoms with Crippen molar-refractivity contribution in [2.75, 3.05) is 0 Å². The summed E-state index contributed by atoms with van der Waals surface area (Å²) in [6.07, 6.45) is 4.45. The minimum atomic E-state index is 0.0292. The summed E-state index contributed by atoms with van der Waals surface area (Å²) in [5.74, 6) is 0.537. The second-order valence-electron chi connectivity index (χ2n) is 4.73. The molecule has 0 amide bonds. The molecule has 1 aromatic heterocycles. The molecule has 1 aromatic rings. The van der Waals surface area contributed by atoms with E-state index in [9.17, 15) is 0 Å². The molecule has 0 unspecified atom stereocenters. The first-order valence-electron chi connectivity index (χ1n) is 6.11. The molecule has 0 fully saturated rings. The molecule has 0 radical (unpaired) electrons. The van der Waals surface area contributed by atoms with Crippen LogP contribution in [0.4, 0.5) is 0 Å². The van der Waals surface area contributed by atoms with Crippen LogP contribution in [0.3, 0.4) is 0 Å². The number of fused-ring (bicyclic) bond motifs is 1. The third-order valence-corrected chi connectivity index (χ3v) is 2.90. The second kappa shape index (κ2) is 4.73. The van der Waals surface area contributed by atoms with Gasteiger partial charge in [-0.05, 0) is 51.2 Å². The molecule has 0 spiro atoms. The molecule has 1 heterocycles. The maximum atomic E-state index is 7.60. The predicted molar refractivity (Wildman–Crippen MR) is 67.7 cm³/mol. The smallest absolute Gasteiger partial charge is 0.225 e. The van der Waals surface area contributed by atoms with Crippen molar-refractivity contribution in [3.8, 4) is 5.88 Å². The van der Waals surface area contributed by atoms with Crippen molar-refractivity contribution in [2.24, 2.45) is 5.73 Å². The highest BCUT2D eigenvalue weighted by Crippen LogP contribution is 2.26. The molecule has 4 heteroatoms. The molecule has 0 atom stereocenters. The minimum absolute atomic E-state index is 0.0292. The Balaban J connectivity index is 2.44. The minimum Gasteiger partial charge on any atom is -0.474 e. The fourth-order valence-corrected chi connectivity index (χ4v) is 2.12. The molecule has 92 valence electrons. The number of nitrogens with zero attached hydrogens (tertiary/aromatic N) is 1. The zero-order chi connectivity index (χ0) is 12.4. The van der Waals surface area contributed by atoms with Gasteiger partial charge in [0.1, 0.15) is 5.84 Å². The Bertz CT molecular complexity index is 441. The Hall–Kier alpha value is -1.58. The van der Waals surface area contributed by atoms with E-state index in [4.69, 9.17) is 15.9 Å². The average molecular weight is 233 g/mol. The van der Waals surface area contributed by atoms with Crippen molar-refractivity contribution in [2.45, 2.75) is 45.6 Å². The van der Waals surface area contributed by atoms with E-state index < -0.39 is 0 Å². The third-order valence-electron chi connectivity index (χ3n) is 2.90. The molecule has 1 aliphatic rings. The summed E-state index contributed by atoms with van der Waals surface area (Å²) in [5, 5.41) is 7.60. The SMILES string of the molecule is CC(C)Oc1nc2c(cc1C(=N)N)CCCC2. The summed E-state index contributed by atoms with van der Waals surface area (Å²) in [5.41, 5.74) is 8.54. The van der Waals surface area contributed by atoms with Crippen LogP contribution >= 0.6 is 0 Å². The van der Waals surface area contributed by atoms with Crippen LogP contribution in [0, 0.1) is 5.41 Å². The Kier molecular flexibility index (Phi) is 3.31. The monoisotopic (exact) mass is 233 g/mol. The van der Waals surface area contributed by atoms with Crippen LogP contribution in [0.25, 0.3) is 0 Å². The molecular weight excluding hydrogens is 214 g/mol. The normalized spacial score (nSPS) is 14.5. The van der Waals surface area contributed by atoms with Crippen LogP contribution in [0.2, 0.25) is 0 Å². The molecule has 0 saturated carbocycles. The Morgan fingerprint density at radius 2 is 2.12 bits per heavy atom. The molecular formula is C13H19N3O. The number of ether oxygens (including phenoxy) is 1. The first kappa shape index (κ1) is 11.9. The van der Waals surface area contributed by atoms with E-state index in [0.717, 1.165) is 18.5 Å². The van der Waals surface area contributed by atoms with Gasteiger partial charge in [0.05, 0.1) is 11.7 Å². The van der Waals surface area contributed by atoms with Gasteiger partial charge in [0.25, 0.3) is 0 Å². The molecule has 0 aromatic carbocycles. The fraction of sp³-hybridized carbons (Fsp3) is 0.538. The number of aromatic nitrogens is 1. The zero-order valence-corrected chi connectivity index (χ0v) is 10.4. The average Bonchev–Trinajstić information content (AvgIpc) is 2.27. The number of nitrogen functional groups attached to an aromatic ring is 1. The number of pyridine rings is 1. The van der Waals surface area contributed by atoms with Gasteiger partial charge in [-0.2, -0.15) is 0 Å². The number of aryl methyl sites for hydroxylation is 2. The summed E-state index contributed by atoms with van der Waals surface area (Å²) in [6.45, 7) is 3.90. The van der Waals surface area contributed by atoms with Crippen LogP contribution in [0.5, 0.6) is 5.88 Å². The molecule has 3 N–H and O–H groups in total. The summed E-state index contributed by atoms with van der Waals surface area (Å²) in [4.78, 5) is 4.53. The predicted octanol–water partition coefficient (Wildman–Crippen LogP) is 2.03. The first-order chi connectivity index (χ1) is 8.08. The molecule has 0 bridgehead atoms. The van der Waals surface area contributed by atoms with Crippen LogP contribution < -0.4 is 10.5 Å². The van der Waals surface area contributed by atoms with Gasteiger partial charge in [0.15, 0.2) is 0 Å². The summed E-state index contributed by atoms with van der Waals surface area (Å²) in [7, 11) is 0. The highest BCUT2D eigenvalue weighted by atomic mass is 16.5. The lowest BCUT2D eigenvalue weighted by Crippen LogP contribution is -2.19. The van der Waals surface area contributed by atoms with Gasteiger partial charge in [-0.15, -0.1) is 0 Å². The number of nitrogens with two attached hydrogens (primary N) is 1. The molecule has 0 aliphatic heterocycles. The van der Waals surface area contributed by atoms with Crippen molar-refractivity contribution in [1.82, 2.24) is 4.98 Å². The highest BCUT2D eigenvalue weighted by Gasteiger charge is 2.17. The molecule has 4 nitrogen and oxygen atoms in total. The Morgan fingerprint density at radius 1 is 1.41 bits per heavy atom. The summed E-state index contributed by atoms with van der Waals surface area (Å²) < 4.78 is 5.64. The van der Waals surface area contributed by atoms with E-state index in [1.807, 2.05) is 19.9 Å². The van der Waals surface area contributed by atoms with Crippen molar-refractivity contribution in [1.29, 1.82) is 5.41 Å². The van der Waals surface area contributed by atoms with Gasteiger partial charge in [-0.1, -0.05) is 0 Å². The van der Waals surface area contributed by atoms with Crippen molar-refractivity contribution in [3.63, 3.8) is 0 Å². The molecule has 1 aliphatic carbocycles.